The first-order valence-corrected chi connectivity index (χ1v) is 8.43. The van der Waals surface area contributed by atoms with E-state index in [9.17, 15) is 4.79 Å². The van der Waals surface area contributed by atoms with Crippen LogP contribution in [-0.2, 0) is 23.2 Å². The van der Waals surface area contributed by atoms with E-state index in [1.807, 2.05) is 48.9 Å². The molecule has 0 fully saturated rings. The highest BCUT2D eigenvalue weighted by Gasteiger charge is 2.22. The summed E-state index contributed by atoms with van der Waals surface area (Å²) in [7, 11) is 1.86. The zero-order valence-electron chi connectivity index (χ0n) is 13.6. The van der Waals surface area contributed by atoms with Gasteiger partial charge in [0.25, 0.3) is 0 Å². The minimum Gasteiger partial charge on any atom is -0.486 e. The molecule has 0 spiro atoms. The molecule has 0 N–H and O–H groups in total. The summed E-state index contributed by atoms with van der Waals surface area (Å²) in [6.07, 6.45) is 0.673. The van der Waals surface area contributed by atoms with Gasteiger partial charge in [-0.2, -0.15) is 0 Å². The van der Waals surface area contributed by atoms with Crippen LogP contribution in [0, 0.1) is 0 Å². The van der Waals surface area contributed by atoms with Gasteiger partial charge in [0, 0.05) is 7.05 Å². The van der Waals surface area contributed by atoms with Gasteiger partial charge in [0.05, 0.1) is 6.61 Å². The van der Waals surface area contributed by atoms with Gasteiger partial charge in [-0.15, -0.1) is 10.2 Å². The Morgan fingerprint density at radius 3 is 2.65 bits per heavy atom. The van der Waals surface area contributed by atoms with Crippen LogP contribution in [0.5, 0.6) is 5.75 Å². The van der Waals surface area contributed by atoms with Crippen molar-refractivity contribution in [2.75, 3.05) is 6.61 Å². The molecule has 0 aliphatic rings. The molecule has 0 aliphatic heterocycles. The minimum absolute atomic E-state index is 0.218. The van der Waals surface area contributed by atoms with Gasteiger partial charge in [0.2, 0.25) is 0 Å². The predicted molar refractivity (Wildman–Crippen MR) is 88.3 cm³/mol. The molecule has 2 aromatic rings. The third-order valence-corrected chi connectivity index (χ3v) is 4.58. The zero-order chi connectivity index (χ0) is 16.7. The van der Waals surface area contributed by atoms with E-state index in [2.05, 4.69) is 10.2 Å². The van der Waals surface area contributed by atoms with Crippen molar-refractivity contribution >= 4 is 17.7 Å². The van der Waals surface area contributed by atoms with E-state index in [0.717, 1.165) is 5.75 Å². The predicted octanol–water partition coefficient (Wildman–Crippen LogP) is 2.83. The van der Waals surface area contributed by atoms with Gasteiger partial charge in [-0.05, 0) is 25.5 Å². The van der Waals surface area contributed by atoms with E-state index >= 15 is 0 Å². The molecular formula is C16H21N3O3S. The lowest BCUT2D eigenvalue weighted by Gasteiger charge is -2.12. The molecule has 0 saturated carbocycles. The van der Waals surface area contributed by atoms with Gasteiger partial charge in [-0.25, -0.2) is 0 Å². The molecule has 0 bridgehead atoms. The Bertz CT molecular complexity index is 631. The summed E-state index contributed by atoms with van der Waals surface area (Å²) in [6.45, 7) is 4.45. The highest BCUT2D eigenvalue weighted by molar-refractivity contribution is 8.00. The maximum absolute atomic E-state index is 11.9. The number of carbonyl (C=O) groups excluding carboxylic acids is 1. The van der Waals surface area contributed by atoms with Crippen LogP contribution in [0.2, 0.25) is 0 Å². The number of nitrogens with zero attached hydrogens (tertiary/aromatic N) is 3. The van der Waals surface area contributed by atoms with E-state index in [1.54, 1.807) is 6.92 Å². The Morgan fingerprint density at radius 2 is 2.00 bits per heavy atom. The summed E-state index contributed by atoms with van der Waals surface area (Å²) in [5, 5.41) is 8.69. The highest BCUT2D eigenvalue weighted by Crippen LogP contribution is 2.25. The molecule has 23 heavy (non-hydrogen) atoms. The summed E-state index contributed by atoms with van der Waals surface area (Å²) in [5.74, 6) is 1.27. The lowest BCUT2D eigenvalue weighted by Crippen LogP contribution is -2.20. The molecule has 0 amide bonds. The summed E-state index contributed by atoms with van der Waals surface area (Å²) < 4.78 is 12.6. The molecule has 1 aromatic heterocycles. The minimum atomic E-state index is -0.277. The van der Waals surface area contributed by atoms with Crippen LogP contribution in [0.15, 0.2) is 35.5 Å². The van der Waals surface area contributed by atoms with Crippen LogP contribution in [0.4, 0.5) is 0 Å². The number of hydrogen-bond acceptors (Lipinski definition) is 6. The SMILES string of the molecule is CCOC(=O)[C@@H](CC)Sc1nnc(COc2ccccc2)n1C. The largest absolute Gasteiger partial charge is 0.486 e. The molecule has 2 rings (SSSR count). The van der Waals surface area contributed by atoms with E-state index in [1.165, 1.54) is 11.8 Å². The third-order valence-electron chi connectivity index (χ3n) is 3.20. The summed E-state index contributed by atoms with van der Waals surface area (Å²) in [4.78, 5) is 11.9. The Morgan fingerprint density at radius 1 is 1.26 bits per heavy atom. The fourth-order valence-corrected chi connectivity index (χ4v) is 2.84. The monoisotopic (exact) mass is 335 g/mol. The first-order valence-electron chi connectivity index (χ1n) is 7.55. The van der Waals surface area contributed by atoms with Gasteiger partial charge in [-0.1, -0.05) is 36.9 Å². The van der Waals surface area contributed by atoms with Gasteiger partial charge in [-0.3, -0.25) is 4.79 Å². The van der Waals surface area contributed by atoms with Crippen molar-refractivity contribution in [3.8, 4) is 5.75 Å². The lowest BCUT2D eigenvalue weighted by molar-refractivity contribution is -0.142. The van der Waals surface area contributed by atoms with Crippen LogP contribution in [0.3, 0.4) is 0 Å². The number of aromatic nitrogens is 3. The van der Waals surface area contributed by atoms with Gasteiger partial charge < -0.3 is 14.0 Å². The number of rotatable bonds is 8. The molecule has 6 nitrogen and oxygen atoms in total. The second-order valence-corrected chi connectivity index (χ2v) is 6.00. The first kappa shape index (κ1) is 17.3. The Balaban J connectivity index is 1.99. The van der Waals surface area contributed by atoms with E-state index in [4.69, 9.17) is 9.47 Å². The topological polar surface area (TPSA) is 66.2 Å². The molecule has 124 valence electrons. The number of para-hydroxylation sites is 1. The summed E-state index contributed by atoms with van der Waals surface area (Å²) in [6, 6.07) is 9.54. The van der Waals surface area contributed by atoms with Crippen LogP contribution in [0.1, 0.15) is 26.1 Å². The van der Waals surface area contributed by atoms with Gasteiger partial charge in [0.1, 0.15) is 17.6 Å². The maximum Gasteiger partial charge on any atom is 0.319 e. The van der Waals surface area contributed by atoms with Crippen LogP contribution >= 0.6 is 11.8 Å². The molecule has 1 aromatic carbocycles. The normalized spacial score (nSPS) is 12.0. The van der Waals surface area contributed by atoms with Crippen LogP contribution in [-0.4, -0.2) is 32.6 Å². The van der Waals surface area contributed by atoms with Crippen molar-refractivity contribution < 1.29 is 14.3 Å². The molecular weight excluding hydrogens is 314 g/mol. The fourth-order valence-electron chi connectivity index (χ4n) is 1.90. The molecule has 0 aliphatic carbocycles. The quantitative estimate of drug-likeness (QED) is 0.546. The summed E-state index contributed by atoms with van der Waals surface area (Å²) >= 11 is 1.37. The number of ether oxygens (including phenoxy) is 2. The molecule has 0 unspecified atom stereocenters. The second-order valence-electron chi connectivity index (χ2n) is 4.83. The van der Waals surface area contributed by atoms with Crippen molar-refractivity contribution in [3.05, 3.63) is 36.2 Å². The van der Waals surface area contributed by atoms with Crippen molar-refractivity contribution in [2.24, 2.45) is 7.05 Å². The van der Waals surface area contributed by atoms with Crippen LogP contribution in [0.25, 0.3) is 0 Å². The maximum atomic E-state index is 11.9. The number of carbonyl (C=O) groups is 1. The number of benzene rings is 1. The first-order chi connectivity index (χ1) is 11.2. The average Bonchev–Trinajstić information content (AvgIpc) is 2.92. The third kappa shape index (κ3) is 4.72. The fraction of sp³-hybridized carbons (Fsp3) is 0.438. The van der Waals surface area contributed by atoms with Crippen molar-refractivity contribution in [3.63, 3.8) is 0 Å². The summed E-state index contributed by atoms with van der Waals surface area (Å²) in [5.41, 5.74) is 0. The number of hydrogen-bond donors (Lipinski definition) is 0. The standard InChI is InChI=1S/C16H21N3O3S/c1-4-13(15(20)21-5-2)23-16-18-17-14(19(16)3)11-22-12-9-7-6-8-10-12/h6-10,13H,4-5,11H2,1-3H3/t13-/m1/s1. The van der Waals surface area contributed by atoms with Crippen molar-refractivity contribution in [1.82, 2.24) is 14.8 Å². The molecule has 7 heteroatoms. The molecule has 1 atom stereocenters. The van der Waals surface area contributed by atoms with Gasteiger partial charge >= 0.3 is 5.97 Å². The van der Waals surface area contributed by atoms with Gasteiger partial charge in [0.15, 0.2) is 11.0 Å². The molecule has 0 saturated heterocycles. The van der Waals surface area contributed by atoms with Crippen molar-refractivity contribution in [1.29, 1.82) is 0 Å². The lowest BCUT2D eigenvalue weighted by atomic mass is 10.3. The number of esters is 1. The van der Waals surface area contributed by atoms with Crippen LogP contribution < -0.4 is 4.74 Å². The van der Waals surface area contributed by atoms with E-state index in [-0.39, 0.29) is 11.2 Å². The Kier molecular flexibility index (Phi) is 6.46. The Hall–Kier alpha value is -2.02. The highest BCUT2D eigenvalue weighted by atomic mass is 32.2. The van der Waals surface area contributed by atoms with E-state index < -0.39 is 0 Å². The zero-order valence-corrected chi connectivity index (χ0v) is 14.4. The number of thioether (sulfide) groups is 1. The molecule has 0 radical (unpaired) electrons. The Labute approximate surface area is 140 Å². The smallest absolute Gasteiger partial charge is 0.319 e. The van der Waals surface area contributed by atoms with Crippen molar-refractivity contribution in [2.45, 2.75) is 37.3 Å². The average molecular weight is 335 g/mol. The second kappa shape index (κ2) is 8.57. The molecule has 1 heterocycles. The van der Waals surface area contributed by atoms with E-state index in [0.29, 0.717) is 30.6 Å².